The van der Waals surface area contributed by atoms with Crippen molar-refractivity contribution < 1.29 is 4.79 Å². The minimum Gasteiger partial charge on any atom is -0.326 e. The van der Waals surface area contributed by atoms with Gasteiger partial charge in [-0.15, -0.1) is 0 Å². The van der Waals surface area contributed by atoms with Crippen LogP contribution in [0, 0.1) is 0 Å². The lowest BCUT2D eigenvalue weighted by molar-refractivity contribution is -0.115. The normalized spacial score (nSPS) is 14.9. The van der Waals surface area contributed by atoms with Crippen LogP contribution in [-0.2, 0) is 11.2 Å². The Morgan fingerprint density at radius 3 is 3.00 bits per heavy atom. The summed E-state index contributed by atoms with van der Waals surface area (Å²) in [4.78, 5) is 11.5. The molecule has 1 unspecified atom stereocenters. The van der Waals surface area contributed by atoms with E-state index in [0.29, 0.717) is 6.42 Å². The summed E-state index contributed by atoms with van der Waals surface area (Å²) in [6, 6.07) is 8.65. The molecule has 0 saturated carbocycles. The quantitative estimate of drug-likeness (QED) is 0.885. The number of amides is 1. The van der Waals surface area contributed by atoms with Gasteiger partial charge >= 0.3 is 0 Å². The number of hydrogen-bond donors (Lipinski definition) is 2. The minimum absolute atomic E-state index is 0.0887. The average molecular weight is 286 g/mol. The van der Waals surface area contributed by atoms with Crippen molar-refractivity contribution in [2.75, 3.05) is 11.9 Å². The molecule has 1 aromatic heterocycles. The number of thiophene rings is 1. The number of benzene rings is 1. The van der Waals surface area contributed by atoms with Gasteiger partial charge in [-0.1, -0.05) is 19.1 Å². The van der Waals surface area contributed by atoms with Gasteiger partial charge in [0.05, 0.1) is 12.5 Å². The summed E-state index contributed by atoms with van der Waals surface area (Å²) < 4.78 is 0. The van der Waals surface area contributed by atoms with E-state index in [9.17, 15) is 4.79 Å². The SMILES string of the molecule is CCCNC(c1ccsc1)c1ccc2c(c1)CC(=O)N2. The molecule has 0 spiro atoms. The maximum atomic E-state index is 11.5. The highest BCUT2D eigenvalue weighted by Crippen LogP contribution is 2.30. The van der Waals surface area contributed by atoms with Crippen molar-refractivity contribution in [1.82, 2.24) is 5.32 Å². The van der Waals surface area contributed by atoms with Crippen molar-refractivity contribution in [3.05, 3.63) is 51.7 Å². The van der Waals surface area contributed by atoms with Crippen LogP contribution in [0.1, 0.15) is 36.1 Å². The van der Waals surface area contributed by atoms with E-state index in [-0.39, 0.29) is 11.9 Å². The van der Waals surface area contributed by atoms with Crippen LogP contribution in [0.3, 0.4) is 0 Å². The molecule has 1 aliphatic heterocycles. The maximum absolute atomic E-state index is 11.5. The number of fused-ring (bicyclic) bond motifs is 1. The van der Waals surface area contributed by atoms with Crippen molar-refractivity contribution in [2.45, 2.75) is 25.8 Å². The zero-order valence-electron chi connectivity index (χ0n) is 11.5. The van der Waals surface area contributed by atoms with Crippen LogP contribution in [-0.4, -0.2) is 12.5 Å². The predicted molar refractivity (Wildman–Crippen MR) is 83.2 cm³/mol. The molecule has 2 N–H and O–H groups in total. The molecule has 1 atom stereocenters. The fourth-order valence-corrected chi connectivity index (χ4v) is 3.27. The summed E-state index contributed by atoms with van der Waals surface area (Å²) in [6.07, 6.45) is 1.60. The van der Waals surface area contributed by atoms with E-state index in [1.807, 2.05) is 6.07 Å². The first kappa shape index (κ1) is 13.3. The Bertz CT molecular complexity index is 607. The van der Waals surface area contributed by atoms with Gasteiger partial charge in [-0.25, -0.2) is 0 Å². The highest BCUT2D eigenvalue weighted by atomic mass is 32.1. The van der Waals surface area contributed by atoms with E-state index in [2.05, 4.69) is 46.5 Å². The van der Waals surface area contributed by atoms with Gasteiger partial charge in [-0.3, -0.25) is 4.79 Å². The predicted octanol–water partition coefficient (Wildman–Crippen LogP) is 3.33. The number of rotatable bonds is 5. The van der Waals surface area contributed by atoms with Crippen molar-refractivity contribution in [1.29, 1.82) is 0 Å². The minimum atomic E-state index is 0.0887. The summed E-state index contributed by atoms with van der Waals surface area (Å²) in [7, 11) is 0. The Kier molecular flexibility index (Phi) is 3.85. The lowest BCUT2D eigenvalue weighted by atomic mass is 9.98. The highest BCUT2D eigenvalue weighted by molar-refractivity contribution is 7.08. The molecule has 0 fully saturated rings. The van der Waals surface area contributed by atoms with E-state index in [4.69, 9.17) is 0 Å². The second kappa shape index (κ2) is 5.77. The summed E-state index contributed by atoms with van der Waals surface area (Å²) in [5.74, 6) is 0.0887. The number of hydrogen-bond acceptors (Lipinski definition) is 3. The monoisotopic (exact) mass is 286 g/mol. The van der Waals surface area contributed by atoms with Crippen LogP contribution < -0.4 is 10.6 Å². The summed E-state index contributed by atoms with van der Waals surface area (Å²) in [5, 5.41) is 10.8. The average Bonchev–Trinajstić information content (AvgIpc) is 3.07. The van der Waals surface area contributed by atoms with Crippen LogP contribution in [0.5, 0.6) is 0 Å². The molecule has 4 heteroatoms. The van der Waals surface area contributed by atoms with Crippen molar-refractivity contribution in [2.24, 2.45) is 0 Å². The third-order valence-electron chi connectivity index (χ3n) is 3.56. The summed E-state index contributed by atoms with van der Waals surface area (Å²) >= 11 is 1.72. The molecule has 1 aromatic carbocycles. The first-order chi connectivity index (χ1) is 9.78. The van der Waals surface area contributed by atoms with E-state index in [0.717, 1.165) is 24.2 Å². The Hall–Kier alpha value is -1.65. The molecule has 104 valence electrons. The zero-order valence-corrected chi connectivity index (χ0v) is 12.3. The van der Waals surface area contributed by atoms with Gasteiger partial charge in [0.2, 0.25) is 5.91 Å². The number of anilines is 1. The number of carbonyl (C=O) groups excluding carboxylic acids is 1. The topological polar surface area (TPSA) is 41.1 Å². The van der Waals surface area contributed by atoms with Gasteiger partial charge < -0.3 is 10.6 Å². The molecule has 0 saturated heterocycles. The van der Waals surface area contributed by atoms with Gasteiger partial charge in [0, 0.05) is 5.69 Å². The molecule has 20 heavy (non-hydrogen) atoms. The third-order valence-corrected chi connectivity index (χ3v) is 4.26. The molecule has 3 nitrogen and oxygen atoms in total. The van der Waals surface area contributed by atoms with E-state index >= 15 is 0 Å². The van der Waals surface area contributed by atoms with Crippen LogP contribution >= 0.6 is 11.3 Å². The Balaban J connectivity index is 1.91. The largest absolute Gasteiger partial charge is 0.326 e. The van der Waals surface area contributed by atoms with Gasteiger partial charge in [-0.2, -0.15) is 11.3 Å². The molecular weight excluding hydrogens is 268 g/mol. The fraction of sp³-hybridized carbons (Fsp3) is 0.312. The molecule has 3 rings (SSSR count). The Morgan fingerprint density at radius 1 is 1.35 bits per heavy atom. The van der Waals surface area contributed by atoms with Crippen LogP contribution in [0.2, 0.25) is 0 Å². The van der Waals surface area contributed by atoms with Gasteiger partial charge in [0.25, 0.3) is 0 Å². The van der Waals surface area contributed by atoms with Crippen molar-refractivity contribution in [3.63, 3.8) is 0 Å². The fourth-order valence-electron chi connectivity index (χ4n) is 2.58. The lowest BCUT2D eigenvalue weighted by Crippen LogP contribution is -2.22. The molecule has 2 aromatic rings. The Labute approximate surface area is 123 Å². The zero-order chi connectivity index (χ0) is 13.9. The molecule has 0 radical (unpaired) electrons. The molecular formula is C16H18N2OS. The summed E-state index contributed by atoms with van der Waals surface area (Å²) in [5.41, 5.74) is 4.58. The van der Waals surface area contributed by atoms with E-state index < -0.39 is 0 Å². The number of nitrogens with one attached hydrogen (secondary N) is 2. The molecule has 1 aliphatic rings. The molecule has 2 heterocycles. The van der Waals surface area contributed by atoms with Crippen molar-refractivity contribution >= 4 is 22.9 Å². The third kappa shape index (κ3) is 2.62. The first-order valence-electron chi connectivity index (χ1n) is 6.96. The highest BCUT2D eigenvalue weighted by Gasteiger charge is 2.20. The van der Waals surface area contributed by atoms with Gasteiger partial charge in [-0.05, 0) is 52.5 Å². The molecule has 0 aliphatic carbocycles. The summed E-state index contributed by atoms with van der Waals surface area (Å²) in [6.45, 7) is 3.15. The first-order valence-corrected chi connectivity index (χ1v) is 7.90. The van der Waals surface area contributed by atoms with Gasteiger partial charge in [0.1, 0.15) is 0 Å². The standard InChI is InChI=1S/C16H18N2OS/c1-2-6-17-16(12-5-7-20-10-12)11-3-4-14-13(8-11)9-15(19)18-14/h3-5,7-8,10,16-17H,2,6,9H2,1H3,(H,18,19). The second-order valence-electron chi connectivity index (χ2n) is 5.09. The smallest absolute Gasteiger partial charge is 0.228 e. The van der Waals surface area contributed by atoms with E-state index in [1.54, 1.807) is 11.3 Å². The van der Waals surface area contributed by atoms with Crippen LogP contribution in [0.4, 0.5) is 5.69 Å². The number of carbonyl (C=O) groups is 1. The molecule has 0 bridgehead atoms. The molecule has 1 amide bonds. The Morgan fingerprint density at radius 2 is 2.25 bits per heavy atom. The van der Waals surface area contributed by atoms with Gasteiger partial charge in [0.15, 0.2) is 0 Å². The second-order valence-corrected chi connectivity index (χ2v) is 5.87. The van der Waals surface area contributed by atoms with E-state index in [1.165, 1.54) is 11.1 Å². The van der Waals surface area contributed by atoms with Crippen LogP contribution in [0.15, 0.2) is 35.0 Å². The lowest BCUT2D eigenvalue weighted by Gasteiger charge is -2.19. The van der Waals surface area contributed by atoms with Crippen molar-refractivity contribution in [3.8, 4) is 0 Å². The van der Waals surface area contributed by atoms with Crippen LogP contribution in [0.25, 0.3) is 0 Å². The maximum Gasteiger partial charge on any atom is 0.228 e.